The van der Waals surface area contributed by atoms with Crippen LogP contribution in [0.5, 0.6) is 0 Å². The minimum atomic E-state index is -0.836. The van der Waals surface area contributed by atoms with Crippen LogP contribution in [0, 0.1) is 11.6 Å². The third kappa shape index (κ3) is 3.01. The SMILES string of the molecule is CN1CCC(c2c(F)cc3c(c2F)CN(C2CCC(=O)NC2=O)C3=O)CC1. The van der Waals surface area contributed by atoms with Crippen LogP contribution >= 0.6 is 0 Å². The van der Waals surface area contributed by atoms with Gasteiger partial charge < -0.3 is 9.80 Å². The quantitative estimate of drug-likeness (QED) is 0.794. The highest BCUT2D eigenvalue weighted by molar-refractivity contribution is 6.05. The molecule has 8 heteroatoms. The van der Waals surface area contributed by atoms with E-state index in [4.69, 9.17) is 0 Å². The van der Waals surface area contributed by atoms with Crippen LogP contribution < -0.4 is 5.32 Å². The van der Waals surface area contributed by atoms with Gasteiger partial charge in [0.05, 0.1) is 12.1 Å². The third-order valence-corrected chi connectivity index (χ3v) is 5.89. The van der Waals surface area contributed by atoms with Crippen LogP contribution in [0.25, 0.3) is 0 Å². The van der Waals surface area contributed by atoms with Crippen LogP contribution in [0.2, 0.25) is 0 Å². The first-order valence-electron chi connectivity index (χ1n) is 9.20. The number of carbonyl (C=O) groups is 3. The number of hydrogen-bond acceptors (Lipinski definition) is 4. The molecule has 0 bridgehead atoms. The van der Waals surface area contributed by atoms with Gasteiger partial charge >= 0.3 is 0 Å². The molecule has 2 fully saturated rings. The summed E-state index contributed by atoms with van der Waals surface area (Å²) in [5.74, 6) is -3.09. The molecule has 144 valence electrons. The summed E-state index contributed by atoms with van der Waals surface area (Å²) < 4.78 is 29.9. The van der Waals surface area contributed by atoms with Gasteiger partial charge in [0.25, 0.3) is 5.91 Å². The highest BCUT2D eigenvalue weighted by Gasteiger charge is 2.41. The number of hydrogen-bond donors (Lipinski definition) is 1. The number of nitrogens with zero attached hydrogens (tertiary/aromatic N) is 2. The zero-order valence-corrected chi connectivity index (χ0v) is 15.1. The molecule has 3 heterocycles. The molecule has 0 aliphatic carbocycles. The molecule has 0 spiro atoms. The first-order valence-corrected chi connectivity index (χ1v) is 9.20. The van der Waals surface area contributed by atoms with Crippen molar-refractivity contribution in [1.29, 1.82) is 0 Å². The number of nitrogens with one attached hydrogen (secondary N) is 1. The lowest BCUT2D eigenvalue weighted by molar-refractivity contribution is -0.136. The summed E-state index contributed by atoms with van der Waals surface area (Å²) in [6.45, 7) is 1.45. The average molecular weight is 377 g/mol. The number of amides is 3. The molecule has 1 unspecified atom stereocenters. The van der Waals surface area contributed by atoms with Crippen molar-refractivity contribution >= 4 is 17.7 Å². The van der Waals surface area contributed by atoms with Crippen molar-refractivity contribution in [2.75, 3.05) is 20.1 Å². The summed E-state index contributed by atoms with van der Waals surface area (Å²) in [4.78, 5) is 39.5. The Hall–Kier alpha value is -2.35. The van der Waals surface area contributed by atoms with Crippen LogP contribution in [0.15, 0.2) is 6.07 Å². The van der Waals surface area contributed by atoms with E-state index in [0.29, 0.717) is 12.8 Å². The monoisotopic (exact) mass is 377 g/mol. The Bertz CT molecular complexity index is 834. The van der Waals surface area contributed by atoms with E-state index in [2.05, 4.69) is 10.2 Å². The summed E-state index contributed by atoms with van der Waals surface area (Å²) in [5.41, 5.74) is 0.186. The maximum absolute atomic E-state index is 15.2. The van der Waals surface area contributed by atoms with Crippen molar-refractivity contribution in [1.82, 2.24) is 15.1 Å². The summed E-state index contributed by atoms with van der Waals surface area (Å²) in [7, 11) is 1.97. The predicted octanol–water partition coefficient (Wildman–Crippen LogP) is 1.54. The molecule has 1 N–H and O–H groups in total. The lowest BCUT2D eigenvalue weighted by atomic mass is 9.87. The number of likely N-dealkylation sites (tertiary alicyclic amines) is 1. The number of fused-ring (bicyclic) bond motifs is 1. The molecular formula is C19H21F2N3O3. The number of piperidine rings is 2. The van der Waals surface area contributed by atoms with E-state index in [-0.39, 0.29) is 47.9 Å². The van der Waals surface area contributed by atoms with Gasteiger partial charge in [-0.3, -0.25) is 19.7 Å². The van der Waals surface area contributed by atoms with Gasteiger partial charge in [0.2, 0.25) is 11.8 Å². The van der Waals surface area contributed by atoms with Gasteiger partial charge in [0.1, 0.15) is 17.7 Å². The summed E-state index contributed by atoms with van der Waals surface area (Å²) >= 11 is 0. The second kappa shape index (κ2) is 6.67. The number of rotatable bonds is 2. The number of imide groups is 1. The van der Waals surface area contributed by atoms with Crippen LogP contribution in [0.1, 0.15) is 53.1 Å². The molecule has 4 rings (SSSR count). The average Bonchev–Trinajstić information content (AvgIpc) is 2.94. The molecule has 1 aromatic carbocycles. The van der Waals surface area contributed by atoms with Gasteiger partial charge in [-0.05, 0) is 51.4 Å². The minimum absolute atomic E-state index is 0.0219. The molecule has 3 aliphatic rings. The first-order chi connectivity index (χ1) is 12.9. The second-order valence-corrected chi connectivity index (χ2v) is 7.59. The van der Waals surface area contributed by atoms with Crippen LogP contribution in [-0.2, 0) is 16.1 Å². The van der Waals surface area contributed by atoms with E-state index in [9.17, 15) is 18.8 Å². The normalized spacial score (nSPS) is 24.3. The molecule has 2 saturated heterocycles. The highest BCUT2D eigenvalue weighted by atomic mass is 19.1. The first kappa shape index (κ1) is 18.0. The Morgan fingerprint density at radius 1 is 1.11 bits per heavy atom. The van der Waals surface area contributed by atoms with Crippen molar-refractivity contribution in [3.8, 4) is 0 Å². The molecule has 6 nitrogen and oxygen atoms in total. The van der Waals surface area contributed by atoms with Gasteiger partial charge in [-0.15, -0.1) is 0 Å². The number of carbonyl (C=O) groups excluding carboxylic acids is 3. The van der Waals surface area contributed by atoms with Crippen molar-refractivity contribution in [2.24, 2.45) is 0 Å². The van der Waals surface area contributed by atoms with Gasteiger partial charge in [0, 0.05) is 17.5 Å². The van der Waals surface area contributed by atoms with E-state index in [0.717, 1.165) is 19.2 Å². The molecule has 3 amide bonds. The fourth-order valence-corrected chi connectivity index (χ4v) is 4.32. The van der Waals surface area contributed by atoms with Gasteiger partial charge in [0.15, 0.2) is 0 Å². The van der Waals surface area contributed by atoms with E-state index < -0.39 is 29.5 Å². The largest absolute Gasteiger partial charge is 0.322 e. The van der Waals surface area contributed by atoms with Crippen molar-refractivity contribution in [2.45, 2.75) is 44.2 Å². The number of benzene rings is 1. The molecular weight excluding hydrogens is 356 g/mol. The fraction of sp³-hybridized carbons (Fsp3) is 0.526. The lowest BCUT2D eigenvalue weighted by Crippen LogP contribution is -2.52. The van der Waals surface area contributed by atoms with Gasteiger partial charge in [-0.1, -0.05) is 0 Å². The molecule has 0 saturated carbocycles. The molecule has 3 aliphatic heterocycles. The van der Waals surface area contributed by atoms with Gasteiger partial charge in [-0.25, -0.2) is 8.78 Å². The molecule has 0 aromatic heterocycles. The van der Waals surface area contributed by atoms with Crippen LogP contribution in [0.4, 0.5) is 8.78 Å². The number of halogens is 2. The molecule has 0 radical (unpaired) electrons. The van der Waals surface area contributed by atoms with Crippen LogP contribution in [-0.4, -0.2) is 53.7 Å². The Morgan fingerprint density at radius 2 is 1.81 bits per heavy atom. The Labute approximate surface area is 155 Å². The highest BCUT2D eigenvalue weighted by Crippen LogP contribution is 2.37. The van der Waals surface area contributed by atoms with Crippen LogP contribution in [0.3, 0.4) is 0 Å². The zero-order chi connectivity index (χ0) is 19.3. The molecule has 27 heavy (non-hydrogen) atoms. The maximum Gasteiger partial charge on any atom is 0.255 e. The van der Waals surface area contributed by atoms with Crippen molar-refractivity contribution in [3.05, 3.63) is 34.4 Å². The summed E-state index contributed by atoms with van der Waals surface area (Å²) in [6, 6.07) is 0.275. The molecule has 1 aromatic rings. The van der Waals surface area contributed by atoms with E-state index in [1.54, 1.807) is 0 Å². The van der Waals surface area contributed by atoms with Crippen molar-refractivity contribution in [3.63, 3.8) is 0 Å². The third-order valence-electron chi connectivity index (χ3n) is 5.89. The zero-order valence-electron chi connectivity index (χ0n) is 15.1. The van der Waals surface area contributed by atoms with Crippen molar-refractivity contribution < 1.29 is 23.2 Å². The summed E-state index contributed by atoms with van der Waals surface area (Å²) in [6.07, 6.45) is 1.63. The Balaban J connectivity index is 1.64. The lowest BCUT2D eigenvalue weighted by Gasteiger charge is -2.30. The molecule has 1 atom stereocenters. The standard InChI is InChI=1S/C19H21F2N3O3/c1-23-6-4-10(5-7-23)16-13(20)8-11-12(17(16)21)9-24(19(11)27)14-2-3-15(25)22-18(14)26/h8,10,14H,2-7,9H2,1H3,(H,22,25,26). The van der Waals surface area contributed by atoms with E-state index in [1.165, 1.54) is 4.90 Å². The second-order valence-electron chi connectivity index (χ2n) is 7.59. The minimum Gasteiger partial charge on any atom is -0.322 e. The van der Waals surface area contributed by atoms with E-state index in [1.807, 2.05) is 7.05 Å². The Kier molecular flexibility index (Phi) is 4.46. The predicted molar refractivity (Wildman–Crippen MR) is 91.9 cm³/mol. The Morgan fingerprint density at radius 3 is 2.48 bits per heavy atom. The van der Waals surface area contributed by atoms with Gasteiger partial charge in [-0.2, -0.15) is 0 Å². The topological polar surface area (TPSA) is 69.7 Å². The smallest absolute Gasteiger partial charge is 0.255 e. The fourth-order valence-electron chi connectivity index (χ4n) is 4.32. The maximum atomic E-state index is 15.2. The summed E-state index contributed by atoms with van der Waals surface area (Å²) in [5, 5.41) is 2.20. The van der Waals surface area contributed by atoms with E-state index >= 15 is 4.39 Å².